The van der Waals surface area contributed by atoms with E-state index in [0.717, 1.165) is 34.1 Å². The monoisotopic (exact) mass is 319 g/mol. The molecule has 0 saturated carbocycles. The number of nitrogens with two attached hydrogens (primary N) is 1. The fraction of sp³-hybridized carbons (Fsp3) is 0.333. The van der Waals surface area contributed by atoms with Crippen molar-refractivity contribution < 1.29 is 9.47 Å². The first-order valence-electron chi connectivity index (χ1n) is 7.30. The lowest BCUT2D eigenvalue weighted by molar-refractivity contribution is 0.296. The Labute approximate surface area is 137 Å². The smallest absolute Gasteiger partial charge is 0.125 e. The summed E-state index contributed by atoms with van der Waals surface area (Å²) in [5, 5.41) is 0.740. The fourth-order valence-corrected chi connectivity index (χ4v) is 2.43. The van der Waals surface area contributed by atoms with E-state index in [9.17, 15) is 0 Å². The summed E-state index contributed by atoms with van der Waals surface area (Å²) in [6.07, 6.45) is 0.830. The first kappa shape index (κ1) is 16.7. The van der Waals surface area contributed by atoms with Crippen LogP contribution in [0.15, 0.2) is 36.4 Å². The molecule has 3 nitrogen and oxygen atoms in total. The maximum atomic E-state index is 6.03. The molecule has 0 amide bonds. The Hall–Kier alpha value is -1.71. The molecule has 22 heavy (non-hydrogen) atoms. The zero-order chi connectivity index (χ0) is 16.1. The molecule has 1 unspecified atom stereocenters. The second kappa shape index (κ2) is 7.52. The highest BCUT2D eigenvalue weighted by molar-refractivity contribution is 6.31. The first-order chi connectivity index (χ1) is 10.5. The molecule has 2 rings (SSSR count). The van der Waals surface area contributed by atoms with Gasteiger partial charge in [0, 0.05) is 16.6 Å². The van der Waals surface area contributed by atoms with Crippen LogP contribution < -0.4 is 15.2 Å². The van der Waals surface area contributed by atoms with Gasteiger partial charge in [0.05, 0.1) is 7.11 Å². The van der Waals surface area contributed by atoms with Gasteiger partial charge in [0.15, 0.2) is 0 Å². The van der Waals surface area contributed by atoms with Gasteiger partial charge in [-0.15, -0.1) is 0 Å². The molecule has 0 heterocycles. The molecule has 0 aliphatic carbocycles. The van der Waals surface area contributed by atoms with Gasteiger partial charge in [-0.05, 0) is 61.7 Å². The minimum atomic E-state index is 0.126. The number of methoxy groups -OCH3 is 1. The summed E-state index contributed by atoms with van der Waals surface area (Å²) in [6.45, 7) is 4.40. The highest BCUT2D eigenvalue weighted by Gasteiger charge is 2.08. The molecular weight excluding hydrogens is 298 g/mol. The SMILES string of the molecule is COc1ccc(CC(C)N)cc1COc1ccc(Cl)c(C)c1. The van der Waals surface area contributed by atoms with Crippen LogP contribution in [-0.4, -0.2) is 13.2 Å². The highest BCUT2D eigenvalue weighted by atomic mass is 35.5. The third-order valence-corrected chi connectivity index (χ3v) is 3.85. The maximum absolute atomic E-state index is 6.03. The number of aryl methyl sites for hydroxylation is 1. The molecule has 2 aromatic carbocycles. The quantitative estimate of drug-likeness (QED) is 0.870. The largest absolute Gasteiger partial charge is 0.496 e. The van der Waals surface area contributed by atoms with Crippen molar-refractivity contribution in [3.05, 3.63) is 58.1 Å². The Balaban J connectivity index is 2.14. The Bertz CT molecular complexity index is 641. The second-order valence-electron chi connectivity index (χ2n) is 5.53. The molecule has 0 fully saturated rings. The number of ether oxygens (including phenoxy) is 2. The van der Waals surface area contributed by atoms with Gasteiger partial charge >= 0.3 is 0 Å². The minimum Gasteiger partial charge on any atom is -0.496 e. The van der Waals surface area contributed by atoms with Crippen LogP contribution in [0.5, 0.6) is 11.5 Å². The van der Waals surface area contributed by atoms with E-state index in [0.29, 0.717) is 6.61 Å². The minimum absolute atomic E-state index is 0.126. The van der Waals surface area contributed by atoms with Gasteiger partial charge in [-0.3, -0.25) is 0 Å². The number of hydrogen-bond donors (Lipinski definition) is 1. The van der Waals surface area contributed by atoms with Crippen molar-refractivity contribution in [3.63, 3.8) is 0 Å². The second-order valence-corrected chi connectivity index (χ2v) is 5.93. The van der Waals surface area contributed by atoms with Crippen LogP contribution in [0.1, 0.15) is 23.6 Å². The van der Waals surface area contributed by atoms with Crippen LogP contribution in [0.3, 0.4) is 0 Å². The average molecular weight is 320 g/mol. The zero-order valence-electron chi connectivity index (χ0n) is 13.2. The van der Waals surface area contributed by atoms with Crippen LogP contribution in [-0.2, 0) is 13.0 Å². The van der Waals surface area contributed by atoms with Crippen molar-refractivity contribution >= 4 is 11.6 Å². The molecule has 1 atom stereocenters. The lowest BCUT2D eigenvalue weighted by Crippen LogP contribution is -2.17. The van der Waals surface area contributed by atoms with Crippen LogP contribution >= 0.6 is 11.6 Å². The molecule has 0 spiro atoms. The summed E-state index contributed by atoms with van der Waals surface area (Å²) in [7, 11) is 1.66. The summed E-state index contributed by atoms with van der Waals surface area (Å²) < 4.78 is 11.3. The van der Waals surface area contributed by atoms with Gasteiger partial charge in [-0.1, -0.05) is 17.7 Å². The molecule has 118 valence electrons. The van der Waals surface area contributed by atoms with Gasteiger partial charge < -0.3 is 15.2 Å². The Morgan fingerprint density at radius 3 is 2.59 bits per heavy atom. The predicted molar refractivity (Wildman–Crippen MR) is 90.9 cm³/mol. The number of benzene rings is 2. The van der Waals surface area contributed by atoms with E-state index < -0.39 is 0 Å². The summed E-state index contributed by atoms with van der Waals surface area (Å²) in [5.74, 6) is 1.61. The highest BCUT2D eigenvalue weighted by Crippen LogP contribution is 2.25. The molecule has 0 saturated heterocycles. The number of rotatable bonds is 6. The summed E-state index contributed by atoms with van der Waals surface area (Å²) in [5.41, 5.74) is 9.05. The summed E-state index contributed by atoms with van der Waals surface area (Å²) >= 11 is 6.03. The van der Waals surface area contributed by atoms with E-state index in [1.165, 1.54) is 5.56 Å². The van der Waals surface area contributed by atoms with Crippen molar-refractivity contribution in [2.75, 3.05) is 7.11 Å². The standard InChI is InChI=1S/C18H22ClNO2/c1-12-8-16(5-6-17(12)19)22-11-15-10-14(9-13(2)20)4-7-18(15)21-3/h4-8,10,13H,9,11,20H2,1-3H3. The Kier molecular flexibility index (Phi) is 5.69. The van der Waals surface area contributed by atoms with Crippen molar-refractivity contribution in [2.24, 2.45) is 5.73 Å². The van der Waals surface area contributed by atoms with Gasteiger partial charge in [0.25, 0.3) is 0 Å². The van der Waals surface area contributed by atoms with E-state index >= 15 is 0 Å². The zero-order valence-corrected chi connectivity index (χ0v) is 14.0. The van der Waals surface area contributed by atoms with E-state index in [1.807, 2.05) is 44.2 Å². The van der Waals surface area contributed by atoms with E-state index in [1.54, 1.807) is 7.11 Å². The molecule has 2 N–H and O–H groups in total. The predicted octanol–water partition coefficient (Wildman–Crippen LogP) is 4.13. The van der Waals surface area contributed by atoms with Crippen LogP contribution in [0.4, 0.5) is 0 Å². The van der Waals surface area contributed by atoms with Crippen LogP contribution in [0.2, 0.25) is 5.02 Å². The van der Waals surface area contributed by atoms with E-state index in [-0.39, 0.29) is 6.04 Å². The van der Waals surface area contributed by atoms with E-state index in [2.05, 4.69) is 6.07 Å². The van der Waals surface area contributed by atoms with Crippen molar-refractivity contribution in [1.82, 2.24) is 0 Å². The van der Waals surface area contributed by atoms with Crippen molar-refractivity contribution in [3.8, 4) is 11.5 Å². The van der Waals surface area contributed by atoms with E-state index in [4.69, 9.17) is 26.8 Å². The van der Waals surface area contributed by atoms with Gasteiger partial charge in [-0.2, -0.15) is 0 Å². The molecule has 0 aliphatic rings. The average Bonchev–Trinajstić information content (AvgIpc) is 2.48. The molecule has 0 aliphatic heterocycles. The number of halogens is 1. The first-order valence-corrected chi connectivity index (χ1v) is 7.67. The van der Waals surface area contributed by atoms with Crippen LogP contribution in [0.25, 0.3) is 0 Å². The van der Waals surface area contributed by atoms with Gasteiger partial charge in [-0.25, -0.2) is 0 Å². The fourth-order valence-electron chi connectivity index (χ4n) is 2.31. The molecule has 2 aromatic rings. The molecule has 0 radical (unpaired) electrons. The van der Waals surface area contributed by atoms with Crippen LogP contribution in [0, 0.1) is 6.92 Å². The van der Waals surface area contributed by atoms with Gasteiger partial charge in [0.1, 0.15) is 18.1 Å². The lowest BCUT2D eigenvalue weighted by Gasteiger charge is -2.13. The lowest BCUT2D eigenvalue weighted by atomic mass is 10.0. The Morgan fingerprint density at radius 1 is 1.18 bits per heavy atom. The molecule has 0 aromatic heterocycles. The Morgan fingerprint density at radius 2 is 1.95 bits per heavy atom. The normalized spacial score (nSPS) is 12.0. The molecule has 4 heteroatoms. The van der Waals surface area contributed by atoms with Crippen molar-refractivity contribution in [2.45, 2.75) is 32.9 Å². The van der Waals surface area contributed by atoms with Crippen molar-refractivity contribution in [1.29, 1.82) is 0 Å². The number of hydrogen-bond acceptors (Lipinski definition) is 3. The maximum Gasteiger partial charge on any atom is 0.125 e. The summed E-state index contributed by atoms with van der Waals surface area (Å²) in [6, 6.07) is 11.9. The topological polar surface area (TPSA) is 44.5 Å². The third kappa shape index (κ3) is 4.39. The third-order valence-electron chi connectivity index (χ3n) is 3.43. The summed E-state index contributed by atoms with van der Waals surface area (Å²) in [4.78, 5) is 0. The molecule has 0 bridgehead atoms. The van der Waals surface area contributed by atoms with Gasteiger partial charge in [0.2, 0.25) is 0 Å². The molecular formula is C18H22ClNO2.